The first kappa shape index (κ1) is 28.1. The van der Waals surface area contributed by atoms with Crippen LogP contribution in [0, 0.1) is 0 Å². The summed E-state index contributed by atoms with van der Waals surface area (Å²) in [6.07, 6.45) is -13.4. The number of carboxylic acid groups (broad SMARTS) is 1. The van der Waals surface area contributed by atoms with Crippen LogP contribution in [0.25, 0.3) is 0 Å². The molecule has 14 nitrogen and oxygen atoms in total. The number of hydrogen-bond donors (Lipinski definition) is 9. The number of aliphatic carboxylic acids is 1. The highest BCUT2D eigenvalue weighted by Crippen LogP contribution is 2.45. The molecule has 0 bridgehead atoms. The monoisotopic (exact) mass is 501 g/mol. The predicted molar refractivity (Wildman–Crippen MR) is 109 cm³/mol. The molecule has 192 valence electrons. The zero-order valence-electron chi connectivity index (χ0n) is 17.9. The summed E-state index contributed by atoms with van der Waals surface area (Å²) in [5.41, 5.74) is 0. The van der Waals surface area contributed by atoms with Crippen molar-refractivity contribution in [1.29, 1.82) is 0 Å². The van der Waals surface area contributed by atoms with Gasteiger partial charge >= 0.3 is 5.97 Å². The second kappa shape index (κ2) is 11.5. The van der Waals surface area contributed by atoms with Gasteiger partial charge in [-0.15, -0.1) is 11.8 Å². The van der Waals surface area contributed by atoms with E-state index in [1.54, 1.807) is 0 Å². The number of carboxylic acids is 1. The molecular weight excluding hydrogens is 470 g/mol. The second-order valence-electron chi connectivity index (χ2n) is 7.90. The molecule has 9 unspecified atom stereocenters. The lowest BCUT2D eigenvalue weighted by molar-refractivity contribution is -0.259. The Kier molecular flexibility index (Phi) is 9.84. The van der Waals surface area contributed by atoms with Gasteiger partial charge in [0.2, 0.25) is 10.8 Å². The minimum absolute atomic E-state index is 0.396. The van der Waals surface area contributed by atoms with Crippen molar-refractivity contribution in [3.05, 3.63) is 0 Å². The standard InChI is InChI=1S/C18H31NO13S/c1-6(22)19-10-7(23)3-18(17(28)29,32-14(10)11(25)8(24)4-20)33-15-12(26)9(5-21)31-16(30-2)13(15)27/h7-16,20-21,23-27H,3-5H2,1-2H3,(H,19,22)(H,28,29)/t7?,8-,9?,10?,11-,12?,13?,14?,15?,16?,18?/m1/s1. The number of hydrogen-bond acceptors (Lipinski definition) is 13. The molecule has 0 aromatic heterocycles. The molecule has 2 aliphatic heterocycles. The molecule has 2 rings (SSSR count). The summed E-state index contributed by atoms with van der Waals surface area (Å²) in [5.74, 6) is -2.29. The van der Waals surface area contributed by atoms with Crippen LogP contribution in [-0.2, 0) is 23.8 Å². The average Bonchev–Trinajstić information content (AvgIpc) is 2.77. The number of carbonyl (C=O) groups excluding carboxylic acids is 1. The fourth-order valence-electron chi connectivity index (χ4n) is 3.86. The summed E-state index contributed by atoms with van der Waals surface area (Å²) in [6.45, 7) is -0.494. The van der Waals surface area contributed by atoms with Crippen molar-refractivity contribution in [2.75, 3.05) is 20.3 Å². The molecule has 2 heterocycles. The zero-order chi connectivity index (χ0) is 25.1. The van der Waals surface area contributed by atoms with Gasteiger partial charge in [-0.25, -0.2) is 4.79 Å². The SMILES string of the molecule is COC1OC(CO)C(O)C(SC2(C(=O)O)CC(O)C(NC(C)=O)C([C@H](O)[C@H](O)CO)O2)C1O. The Bertz CT molecular complexity index is 670. The van der Waals surface area contributed by atoms with E-state index < -0.39 is 96.8 Å². The Labute approximate surface area is 193 Å². The molecule has 0 aliphatic carbocycles. The van der Waals surface area contributed by atoms with E-state index in [1.165, 1.54) is 7.11 Å². The molecule has 9 N–H and O–H groups in total. The second-order valence-corrected chi connectivity index (χ2v) is 9.34. The lowest BCUT2D eigenvalue weighted by Crippen LogP contribution is -2.67. The van der Waals surface area contributed by atoms with Crippen molar-refractivity contribution in [1.82, 2.24) is 5.32 Å². The van der Waals surface area contributed by atoms with Gasteiger partial charge in [-0.3, -0.25) is 4.79 Å². The van der Waals surface area contributed by atoms with Crippen LogP contribution >= 0.6 is 11.8 Å². The van der Waals surface area contributed by atoms with E-state index in [-0.39, 0.29) is 0 Å². The number of amides is 1. The first-order valence-electron chi connectivity index (χ1n) is 10.1. The summed E-state index contributed by atoms with van der Waals surface area (Å²) < 4.78 is 15.9. The van der Waals surface area contributed by atoms with Crippen LogP contribution in [0.4, 0.5) is 0 Å². The number of aliphatic hydroxyl groups is 7. The van der Waals surface area contributed by atoms with Crippen LogP contribution in [0.2, 0.25) is 0 Å². The molecule has 2 saturated heterocycles. The quantitative estimate of drug-likeness (QED) is 0.144. The summed E-state index contributed by atoms with van der Waals surface area (Å²) in [7, 11) is 1.19. The molecule has 0 aromatic carbocycles. The van der Waals surface area contributed by atoms with Crippen molar-refractivity contribution < 1.29 is 64.7 Å². The molecule has 2 aliphatic rings. The van der Waals surface area contributed by atoms with Gasteiger partial charge in [-0.1, -0.05) is 0 Å². The summed E-state index contributed by atoms with van der Waals surface area (Å²) in [6, 6.07) is -1.35. The number of nitrogens with one attached hydrogen (secondary N) is 1. The number of ether oxygens (including phenoxy) is 3. The van der Waals surface area contributed by atoms with Gasteiger partial charge in [0.25, 0.3) is 0 Å². The molecule has 1 amide bonds. The maximum Gasteiger partial charge on any atom is 0.346 e. The summed E-state index contributed by atoms with van der Waals surface area (Å²) in [5, 5.41) is 81.8. The normalized spacial score (nSPS) is 41.2. The number of methoxy groups -OCH3 is 1. The van der Waals surface area contributed by atoms with Gasteiger partial charge in [0.15, 0.2) is 6.29 Å². The Balaban J connectivity index is 2.44. The van der Waals surface area contributed by atoms with E-state index >= 15 is 0 Å². The van der Waals surface area contributed by atoms with Crippen molar-refractivity contribution in [3.63, 3.8) is 0 Å². The Morgan fingerprint density at radius 2 is 1.85 bits per heavy atom. The predicted octanol–water partition coefficient (Wildman–Crippen LogP) is -4.68. The Morgan fingerprint density at radius 3 is 2.33 bits per heavy atom. The van der Waals surface area contributed by atoms with E-state index in [9.17, 15) is 50.4 Å². The molecule has 2 fully saturated rings. The highest BCUT2D eigenvalue weighted by atomic mass is 32.2. The van der Waals surface area contributed by atoms with Gasteiger partial charge in [0.1, 0.15) is 30.5 Å². The molecule has 0 spiro atoms. The molecule has 0 saturated carbocycles. The van der Waals surface area contributed by atoms with Crippen LogP contribution in [0.1, 0.15) is 13.3 Å². The number of aliphatic hydroxyl groups excluding tert-OH is 7. The van der Waals surface area contributed by atoms with Gasteiger partial charge in [0, 0.05) is 20.5 Å². The van der Waals surface area contributed by atoms with E-state index in [2.05, 4.69) is 5.32 Å². The molecule has 33 heavy (non-hydrogen) atoms. The fraction of sp³-hybridized carbons (Fsp3) is 0.889. The van der Waals surface area contributed by atoms with Crippen LogP contribution in [0.15, 0.2) is 0 Å². The highest BCUT2D eigenvalue weighted by Gasteiger charge is 2.58. The number of thioether (sulfide) groups is 1. The largest absolute Gasteiger partial charge is 0.478 e. The van der Waals surface area contributed by atoms with Gasteiger partial charge in [0.05, 0.1) is 36.7 Å². The third-order valence-electron chi connectivity index (χ3n) is 5.57. The zero-order valence-corrected chi connectivity index (χ0v) is 18.7. The van der Waals surface area contributed by atoms with Crippen molar-refractivity contribution in [2.24, 2.45) is 0 Å². The van der Waals surface area contributed by atoms with Crippen molar-refractivity contribution in [2.45, 2.75) is 78.6 Å². The molecule has 0 aromatic rings. The van der Waals surface area contributed by atoms with E-state index in [0.717, 1.165) is 6.92 Å². The molecular formula is C18H31NO13S. The van der Waals surface area contributed by atoms with Crippen molar-refractivity contribution >= 4 is 23.6 Å². The third kappa shape index (κ3) is 5.94. The Hall–Kier alpha value is -1.11. The topological polar surface area (TPSA) is 236 Å². The van der Waals surface area contributed by atoms with E-state index in [4.69, 9.17) is 14.2 Å². The van der Waals surface area contributed by atoms with Crippen LogP contribution in [0.5, 0.6) is 0 Å². The van der Waals surface area contributed by atoms with Crippen molar-refractivity contribution in [3.8, 4) is 0 Å². The van der Waals surface area contributed by atoms with E-state index in [0.29, 0.717) is 11.8 Å². The number of rotatable bonds is 9. The first-order chi connectivity index (χ1) is 15.4. The van der Waals surface area contributed by atoms with Gasteiger partial charge in [-0.05, 0) is 0 Å². The smallest absolute Gasteiger partial charge is 0.346 e. The van der Waals surface area contributed by atoms with Crippen LogP contribution in [0.3, 0.4) is 0 Å². The summed E-state index contributed by atoms with van der Waals surface area (Å²) >= 11 is 0.396. The maximum absolute atomic E-state index is 12.3. The third-order valence-corrected chi connectivity index (χ3v) is 7.22. The lowest BCUT2D eigenvalue weighted by Gasteiger charge is -2.49. The highest BCUT2D eigenvalue weighted by molar-refractivity contribution is 8.01. The van der Waals surface area contributed by atoms with Crippen LogP contribution in [-0.4, -0.2) is 138 Å². The van der Waals surface area contributed by atoms with E-state index in [1.807, 2.05) is 0 Å². The minimum Gasteiger partial charge on any atom is -0.478 e. The minimum atomic E-state index is -2.39. The van der Waals surface area contributed by atoms with Gasteiger partial charge in [-0.2, -0.15) is 0 Å². The Morgan fingerprint density at radius 1 is 1.21 bits per heavy atom. The lowest BCUT2D eigenvalue weighted by atomic mass is 9.89. The van der Waals surface area contributed by atoms with Crippen LogP contribution < -0.4 is 5.32 Å². The maximum atomic E-state index is 12.3. The average molecular weight is 502 g/mol. The fourth-order valence-corrected chi connectivity index (χ4v) is 5.41. The first-order valence-corrected chi connectivity index (χ1v) is 11.0. The number of carbonyl (C=O) groups is 2. The van der Waals surface area contributed by atoms with Gasteiger partial charge < -0.3 is 60.4 Å². The molecule has 11 atom stereocenters. The summed E-state index contributed by atoms with van der Waals surface area (Å²) in [4.78, 5) is 21.5. The molecule has 15 heteroatoms. The molecule has 0 radical (unpaired) electrons.